The van der Waals surface area contributed by atoms with Crippen LogP contribution in [0.4, 0.5) is 10.5 Å². The third kappa shape index (κ3) is 1.99. The maximum absolute atomic E-state index is 10.4. The second-order valence-corrected chi connectivity index (χ2v) is 2.18. The first-order valence-electron chi connectivity index (χ1n) is 3.29. The predicted molar refractivity (Wildman–Crippen MR) is 44.4 cm³/mol. The first kappa shape index (κ1) is 8.08. The van der Waals surface area contributed by atoms with E-state index in [0.717, 1.165) is 0 Å². The van der Waals surface area contributed by atoms with Crippen LogP contribution in [0.3, 0.4) is 0 Å². The van der Waals surface area contributed by atoms with Crippen LogP contribution < -0.4 is 11.1 Å². The van der Waals surface area contributed by atoms with Crippen LogP contribution in [0.5, 0.6) is 0 Å². The normalized spacial score (nSPS) is 8.58. The molecule has 0 bridgehead atoms. The fourth-order valence-corrected chi connectivity index (χ4v) is 0.770. The molecule has 4 nitrogen and oxygen atoms in total. The number of urea groups is 1. The number of anilines is 1. The SMILES string of the molecule is N#Cc1ccc(NC(N)=O)cc1. The number of nitriles is 1. The largest absolute Gasteiger partial charge is 0.351 e. The average Bonchev–Trinajstić information content (AvgIpc) is 2.05. The molecular weight excluding hydrogens is 154 g/mol. The molecule has 1 rings (SSSR count). The lowest BCUT2D eigenvalue weighted by Gasteiger charge is -1.99. The molecule has 1 aromatic carbocycles. The van der Waals surface area contributed by atoms with Crippen LogP contribution in [0.25, 0.3) is 0 Å². The fourth-order valence-electron chi connectivity index (χ4n) is 0.770. The Morgan fingerprint density at radius 1 is 1.42 bits per heavy atom. The Hall–Kier alpha value is -2.02. The van der Waals surface area contributed by atoms with Gasteiger partial charge in [-0.3, -0.25) is 0 Å². The average molecular weight is 161 g/mol. The van der Waals surface area contributed by atoms with E-state index < -0.39 is 6.03 Å². The van der Waals surface area contributed by atoms with Gasteiger partial charge in [0.05, 0.1) is 11.6 Å². The highest BCUT2D eigenvalue weighted by atomic mass is 16.2. The van der Waals surface area contributed by atoms with Crippen LogP contribution >= 0.6 is 0 Å². The van der Waals surface area contributed by atoms with E-state index in [9.17, 15) is 4.79 Å². The van der Waals surface area contributed by atoms with Crippen molar-refractivity contribution < 1.29 is 4.79 Å². The summed E-state index contributed by atoms with van der Waals surface area (Å²) in [7, 11) is 0. The first-order chi connectivity index (χ1) is 5.72. The van der Waals surface area contributed by atoms with Gasteiger partial charge in [0, 0.05) is 5.69 Å². The molecule has 0 aliphatic carbocycles. The van der Waals surface area contributed by atoms with E-state index in [1.807, 2.05) is 6.07 Å². The maximum Gasteiger partial charge on any atom is 0.316 e. The van der Waals surface area contributed by atoms with E-state index in [4.69, 9.17) is 11.0 Å². The number of hydrogen-bond acceptors (Lipinski definition) is 2. The molecule has 0 aliphatic heterocycles. The van der Waals surface area contributed by atoms with E-state index >= 15 is 0 Å². The lowest BCUT2D eigenvalue weighted by molar-refractivity contribution is 0.259. The highest BCUT2D eigenvalue weighted by Gasteiger charge is 1.94. The third-order valence-electron chi connectivity index (χ3n) is 1.28. The Labute approximate surface area is 69.6 Å². The molecule has 0 aliphatic rings. The summed E-state index contributed by atoms with van der Waals surface area (Å²) in [6.45, 7) is 0. The van der Waals surface area contributed by atoms with E-state index in [-0.39, 0.29) is 0 Å². The van der Waals surface area contributed by atoms with Gasteiger partial charge in [0.2, 0.25) is 0 Å². The van der Waals surface area contributed by atoms with Crippen molar-refractivity contribution in [3.63, 3.8) is 0 Å². The summed E-state index contributed by atoms with van der Waals surface area (Å²) in [5.74, 6) is 0. The van der Waals surface area contributed by atoms with Crippen LogP contribution in [-0.2, 0) is 0 Å². The molecule has 0 atom stereocenters. The van der Waals surface area contributed by atoms with Crippen molar-refractivity contribution in [3.05, 3.63) is 29.8 Å². The van der Waals surface area contributed by atoms with Crippen LogP contribution in [0, 0.1) is 11.3 Å². The number of primary amides is 1. The fraction of sp³-hybridized carbons (Fsp3) is 0. The Morgan fingerprint density at radius 3 is 2.42 bits per heavy atom. The quantitative estimate of drug-likeness (QED) is 0.645. The number of hydrogen-bond donors (Lipinski definition) is 2. The lowest BCUT2D eigenvalue weighted by Crippen LogP contribution is -2.19. The molecule has 0 saturated heterocycles. The molecule has 0 radical (unpaired) electrons. The number of nitrogens with zero attached hydrogens (tertiary/aromatic N) is 1. The minimum atomic E-state index is -0.611. The molecular formula is C8H7N3O. The summed E-state index contributed by atoms with van der Waals surface area (Å²) in [6, 6.07) is 7.79. The topological polar surface area (TPSA) is 78.9 Å². The molecule has 2 amide bonds. The summed E-state index contributed by atoms with van der Waals surface area (Å²) >= 11 is 0. The summed E-state index contributed by atoms with van der Waals surface area (Å²) in [4.78, 5) is 10.4. The van der Waals surface area contributed by atoms with Crippen molar-refractivity contribution >= 4 is 11.7 Å². The van der Waals surface area contributed by atoms with E-state index in [0.29, 0.717) is 11.3 Å². The second-order valence-electron chi connectivity index (χ2n) is 2.18. The van der Waals surface area contributed by atoms with Gasteiger partial charge in [-0.05, 0) is 24.3 Å². The van der Waals surface area contributed by atoms with Gasteiger partial charge in [-0.25, -0.2) is 4.79 Å². The van der Waals surface area contributed by atoms with Gasteiger partial charge in [0.1, 0.15) is 0 Å². The zero-order valence-corrected chi connectivity index (χ0v) is 6.24. The van der Waals surface area contributed by atoms with E-state index in [2.05, 4.69) is 5.32 Å². The zero-order chi connectivity index (χ0) is 8.97. The van der Waals surface area contributed by atoms with Gasteiger partial charge < -0.3 is 11.1 Å². The molecule has 0 fully saturated rings. The second kappa shape index (κ2) is 3.39. The minimum Gasteiger partial charge on any atom is -0.351 e. The number of benzene rings is 1. The maximum atomic E-state index is 10.4. The van der Waals surface area contributed by atoms with Crippen molar-refractivity contribution in [2.75, 3.05) is 5.32 Å². The summed E-state index contributed by atoms with van der Waals surface area (Å²) < 4.78 is 0. The molecule has 0 aromatic heterocycles. The van der Waals surface area contributed by atoms with Gasteiger partial charge in [-0.2, -0.15) is 5.26 Å². The minimum absolute atomic E-state index is 0.546. The first-order valence-corrected chi connectivity index (χ1v) is 3.29. The van der Waals surface area contributed by atoms with Crippen LogP contribution in [0.2, 0.25) is 0 Å². The third-order valence-corrected chi connectivity index (χ3v) is 1.28. The van der Waals surface area contributed by atoms with E-state index in [1.165, 1.54) is 0 Å². The summed E-state index contributed by atoms with van der Waals surface area (Å²) in [5.41, 5.74) is 6.01. The molecule has 0 heterocycles. The van der Waals surface area contributed by atoms with Gasteiger partial charge in [0.25, 0.3) is 0 Å². The van der Waals surface area contributed by atoms with Gasteiger partial charge in [0.15, 0.2) is 0 Å². The Kier molecular flexibility index (Phi) is 2.29. The summed E-state index contributed by atoms with van der Waals surface area (Å²) in [5, 5.41) is 10.8. The smallest absolute Gasteiger partial charge is 0.316 e. The van der Waals surface area contributed by atoms with Crippen LogP contribution in [-0.4, -0.2) is 6.03 Å². The van der Waals surface area contributed by atoms with Gasteiger partial charge >= 0.3 is 6.03 Å². The van der Waals surface area contributed by atoms with Crippen LogP contribution in [0.15, 0.2) is 24.3 Å². The molecule has 60 valence electrons. The van der Waals surface area contributed by atoms with Crippen molar-refractivity contribution in [1.29, 1.82) is 5.26 Å². The van der Waals surface area contributed by atoms with Crippen molar-refractivity contribution in [2.24, 2.45) is 5.73 Å². The molecule has 3 N–H and O–H groups in total. The molecule has 4 heteroatoms. The van der Waals surface area contributed by atoms with Crippen LogP contribution in [0.1, 0.15) is 5.56 Å². The van der Waals surface area contributed by atoms with Gasteiger partial charge in [-0.1, -0.05) is 0 Å². The highest BCUT2D eigenvalue weighted by molar-refractivity contribution is 5.87. The monoisotopic (exact) mass is 161 g/mol. The Morgan fingerprint density at radius 2 is 2.00 bits per heavy atom. The predicted octanol–water partition coefficient (Wildman–Crippen LogP) is 1.05. The number of carbonyl (C=O) groups is 1. The lowest BCUT2D eigenvalue weighted by atomic mass is 10.2. The van der Waals surface area contributed by atoms with Gasteiger partial charge in [-0.15, -0.1) is 0 Å². The van der Waals surface area contributed by atoms with Crippen molar-refractivity contribution in [1.82, 2.24) is 0 Å². The molecule has 0 unspecified atom stereocenters. The Balaban J connectivity index is 2.80. The van der Waals surface area contributed by atoms with Crippen molar-refractivity contribution in [3.8, 4) is 6.07 Å². The standard InChI is InChI=1S/C8H7N3O/c9-5-6-1-3-7(4-2-6)11-8(10)12/h1-4H,(H3,10,11,12). The molecule has 0 saturated carbocycles. The number of nitrogens with two attached hydrogens (primary N) is 1. The molecule has 1 aromatic rings. The zero-order valence-electron chi connectivity index (χ0n) is 6.24. The molecule has 0 spiro atoms. The number of rotatable bonds is 1. The Bertz CT molecular complexity index is 323. The highest BCUT2D eigenvalue weighted by Crippen LogP contribution is 2.07. The van der Waals surface area contributed by atoms with E-state index in [1.54, 1.807) is 24.3 Å². The summed E-state index contributed by atoms with van der Waals surface area (Å²) in [6.07, 6.45) is 0. The molecule has 12 heavy (non-hydrogen) atoms. The number of amides is 2. The number of carbonyl (C=O) groups excluding carboxylic acids is 1. The number of nitrogens with one attached hydrogen (secondary N) is 1. The van der Waals surface area contributed by atoms with Crippen molar-refractivity contribution in [2.45, 2.75) is 0 Å².